The molecule has 1 aliphatic rings. The number of fused-ring (bicyclic) bond motifs is 11. The molecule has 7 rings (SSSR count). The van der Waals surface area contributed by atoms with Gasteiger partial charge in [-0.05, 0) is 76.1 Å². The van der Waals surface area contributed by atoms with Crippen LogP contribution in [0.25, 0.3) is 39.3 Å². The van der Waals surface area contributed by atoms with Gasteiger partial charge in [-0.25, -0.2) is 23.7 Å². The van der Waals surface area contributed by atoms with Crippen LogP contribution in [0.2, 0.25) is 0 Å². The van der Waals surface area contributed by atoms with Gasteiger partial charge in [0.25, 0.3) is 0 Å². The van der Waals surface area contributed by atoms with Crippen LogP contribution in [0.5, 0.6) is 17.4 Å². The maximum absolute atomic E-state index is 14.5. The van der Waals surface area contributed by atoms with Gasteiger partial charge in [-0.15, -0.1) is 0 Å². The number of aromatic nitrogens is 4. The van der Waals surface area contributed by atoms with Crippen LogP contribution in [-0.4, -0.2) is 36.3 Å². The van der Waals surface area contributed by atoms with Crippen molar-refractivity contribution in [2.45, 2.75) is 52.9 Å². The van der Waals surface area contributed by atoms with Crippen molar-refractivity contribution >= 4 is 11.6 Å². The summed E-state index contributed by atoms with van der Waals surface area (Å²) in [7, 11) is 0. The van der Waals surface area contributed by atoms with E-state index < -0.39 is 23.5 Å². The highest BCUT2D eigenvalue weighted by Crippen LogP contribution is 2.39. The lowest BCUT2D eigenvalue weighted by Crippen LogP contribution is -2.29. The highest BCUT2D eigenvalue weighted by atomic mass is 19.1. The Morgan fingerprint density at radius 3 is 2.50 bits per heavy atom. The number of pyridine rings is 1. The zero-order valence-corrected chi connectivity index (χ0v) is 27.1. The molecule has 6 aromatic rings. The van der Waals surface area contributed by atoms with Gasteiger partial charge in [-0.1, -0.05) is 36.4 Å². The number of rotatable bonds is 3. The van der Waals surface area contributed by atoms with E-state index in [1.807, 2.05) is 82.3 Å². The molecule has 4 heterocycles. The fraction of sp³-hybridized carbons (Fsp3) is 0.211. The van der Waals surface area contributed by atoms with E-state index in [9.17, 15) is 14.3 Å². The molecule has 9 nitrogen and oxygen atoms in total. The molecule has 0 amide bonds. The quantitative estimate of drug-likeness (QED) is 0.204. The zero-order valence-electron chi connectivity index (χ0n) is 27.1. The van der Waals surface area contributed by atoms with Crippen LogP contribution in [0, 0.1) is 19.7 Å². The molecule has 48 heavy (non-hydrogen) atoms. The third-order valence-electron chi connectivity index (χ3n) is 8.03. The molecule has 0 spiro atoms. The van der Waals surface area contributed by atoms with E-state index in [4.69, 9.17) is 24.3 Å². The van der Waals surface area contributed by atoms with Gasteiger partial charge in [0.1, 0.15) is 23.9 Å². The van der Waals surface area contributed by atoms with E-state index in [0.29, 0.717) is 62.5 Å². The first-order valence-electron chi connectivity index (χ1n) is 15.5. The summed E-state index contributed by atoms with van der Waals surface area (Å²) in [5, 5.41) is 15.5. The third kappa shape index (κ3) is 5.98. The lowest BCUT2D eigenvalue weighted by atomic mass is 9.98. The first-order valence-corrected chi connectivity index (χ1v) is 15.5. The average molecular weight is 645 g/mol. The van der Waals surface area contributed by atoms with Crippen molar-refractivity contribution < 1.29 is 28.5 Å². The molecule has 10 heteroatoms. The van der Waals surface area contributed by atoms with Crippen molar-refractivity contribution in [2.24, 2.45) is 0 Å². The number of halogens is 1. The van der Waals surface area contributed by atoms with E-state index in [2.05, 4.69) is 4.98 Å². The largest absolute Gasteiger partial charge is 0.487 e. The van der Waals surface area contributed by atoms with E-state index in [0.717, 1.165) is 16.7 Å². The van der Waals surface area contributed by atoms with Crippen LogP contribution in [0.3, 0.4) is 0 Å². The predicted molar refractivity (Wildman–Crippen MR) is 179 cm³/mol. The Morgan fingerprint density at radius 1 is 0.917 bits per heavy atom. The van der Waals surface area contributed by atoms with E-state index in [1.165, 1.54) is 12.1 Å². The molecule has 0 aliphatic carbocycles. The van der Waals surface area contributed by atoms with E-state index in [1.54, 1.807) is 29.6 Å². The Labute approximate surface area is 276 Å². The first kappa shape index (κ1) is 31.0. The minimum absolute atomic E-state index is 0.119. The van der Waals surface area contributed by atoms with Crippen molar-refractivity contribution in [2.75, 3.05) is 0 Å². The Kier molecular flexibility index (Phi) is 7.68. The first-order chi connectivity index (χ1) is 22.9. The third-order valence-corrected chi connectivity index (χ3v) is 8.03. The second kappa shape index (κ2) is 11.9. The molecule has 1 aliphatic heterocycles. The molecule has 0 saturated carbocycles. The number of ether oxygens (including phenoxy) is 3. The molecule has 0 fully saturated rings. The van der Waals surface area contributed by atoms with Crippen LogP contribution in [0.15, 0.2) is 84.9 Å². The molecule has 242 valence electrons. The Hall–Kier alpha value is -5.61. The highest BCUT2D eigenvalue weighted by molar-refractivity contribution is 5.82. The summed E-state index contributed by atoms with van der Waals surface area (Å²) in [6.07, 6.45) is -1.33. The van der Waals surface area contributed by atoms with Crippen LogP contribution in [0.4, 0.5) is 4.39 Å². The van der Waals surface area contributed by atoms with Gasteiger partial charge in [0.2, 0.25) is 5.88 Å². The number of hydrogen-bond acceptors (Lipinski definition) is 7. The number of hydrogen-bond donors (Lipinski definition) is 1. The maximum Gasteiger partial charge on any atom is 0.337 e. The average Bonchev–Trinajstić information content (AvgIpc) is 3.46. The monoisotopic (exact) mass is 644 g/mol. The highest BCUT2D eigenvalue weighted by Gasteiger charge is 2.33. The molecule has 1 N–H and O–H groups in total. The molecular formula is C38H33FN4O5. The standard InChI is InChI=1S/C38H33FN4O5/c1-21-12-13-25-17-30(21)46-20-27-10-7-11-33(41-27)47-31-18-26(39)14-15-28(31)23-8-6-9-24(16-23)29-19-32-40-22(2)34(35(25)43(32)42-29)36(37(44)45)48-38(3,4)5/h6-19,36H,20H2,1-5H3,(H,44,45)/t36-/m0/s1. The van der Waals surface area contributed by atoms with E-state index >= 15 is 0 Å². The molecule has 3 aromatic carbocycles. The normalized spacial score (nSPS) is 13.2. The molecule has 1 atom stereocenters. The van der Waals surface area contributed by atoms with Gasteiger partial charge >= 0.3 is 5.97 Å². The number of nitrogens with zero attached hydrogens (tertiary/aromatic N) is 4. The molecule has 3 aromatic heterocycles. The summed E-state index contributed by atoms with van der Waals surface area (Å²) in [6, 6.07) is 25.0. The van der Waals surface area contributed by atoms with Gasteiger partial charge in [0.15, 0.2) is 11.8 Å². The van der Waals surface area contributed by atoms with Gasteiger partial charge < -0.3 is 19.3 Å². The second-order valence-corrected chi connectivity index (χ2v) is 12.8. The van der Waals surface area contributed by atoms with E-state index in [-0.39, 0.29) is 6.61 Å². The van der Waals surface area contributed by atoms with Crippen LogP contribution < -0.4 is 9.47 Å². The molecule has 0 radical (unpaired) electrons. The number of aryl methyl sites for hydroxylation is 2. The molecule has 8 bridgehead atoms. The molecule has 0 unspecified atom stereocenters. The number of carbonyl (C=O) groups is 1. The molecule has 0 saturated heterocycles. The number of aliphatic carboxylic acids is 1. The fourth-order valence-electron chi connectivity index (χ4n) is 5.88. The second-order valence-electron chi connectivity index (χ2n) is 12.8. The fourth-order valence-corrected chi connectivity index (χ4v) is 5.88. The van der Waals surface area contributed by atoms with Crippen molar-refractivity contribution in [3.05, 3.63) is 113 Å². The van der Waals surface area contributed by atoms with Crippen molar-refractivity contribution in [3.8, 4) is 51.0 Å². The minimum atomic E-state index is -1.33. The van der Waals surface area contributed by atoms with Gasteiger partial charge in [-0.2, -0.15) is 5.10 Å². The number of carboxylic acid groups (broad SMARTS) is 1. The summed E-state index contributed by atoms with van der Waals surface area (Å²) in [6.45, 7) is 9.28. The summed E-state index contributed by atoms with van der Waals surface area (Å²) in [5.41, 5.74) is 6.13. The zero-order chi connectivity index (χ0) is 33.7. The Balaban J connectivity index is 1.52. The molecular weight excluding hydrogens is 611 g/mol. The van der Waals surface area contributed by atoms with Crippen molar-refractivity contribution in [3.63, 3.8) is 0 Å². The maximum atomic E-state index is 14.5. The Bertz CT molecular complexity index is 2220. The predicted octanol–water partition coefficient (Wildman–Crippen LogP) is 8.51. The lowest BCUT2D eigenvalue weighted by Gasteiger charge is -2.27. The van der Waals surface area contributed by atoms with Crippen LogP contribution in [0.1, 0.15) is 49.4 Å². The van der Waals surface area contributed by atoms with Crippen molar-refractivity contribution in [1.29, 1.82) is 0 Å². The van der Waals surface area contributed by atoms with Crippen LogP contribution >= 0.6 is 0 Å². The summed E-state index contributed by atoms with van der Waals surface area (Å²) in [4.78, 5) is 22.3. The number of carboxylic acids is 1. The van der Waals surface area contributed by atoms with Crippen molar-refractivity contribution in [1.82, 2.24) is 19.6 Å². The lowest BCUT2D eigenvalue weighted by molar-refractivity contribution is -0.160. The smallest absolute Gasteiger partial charge is 0.337 e. The van der Waals surface area contributed by atoms with Gasteiger partial charge in [0.05, 0.1) is 22.7 Å². The summed E-state index contributed by atoms with van der Waals surface area (Å²) < 4.78 is 34.8. The van der Waals surface area contributed by atoms with Gasteiger partial charge in [0, 0.05) is 46.1 Å². The summed E-state index contributed by atoms with van der Waals surface area (Å²) in [5.74, 6) is -0.411. The topological polar surface area (TPSA) is 108 Å². The minimum Gasteiger partial charge on any atom is -0.487 e. The van der Waals surface area contributed by atoms with Gasteiger partial charge in [-0.3, -0.25) is 0 Å². The van der Waals surface area contributed by atoms with Crippen LogP contribution in [-0.2, 0) is 16.1 Å². The number of benzene rings is 3. The SMILES string of the molecule is Cc1ccc2cc1OCc1cccc(n1)Oc1cc(F)ccc1-c1cccc(c1)-c1cc3nc(C)c([C@H](OC(C)(C)C)C(=O)O)c-2n3n1. The Morgan fingerprint density at radius 2 is 1.71 bits per heavy atom. The summed E-state index contributed by atoms with van der Waals surface area (Å²) >= 11 is 0.